The maximum Gasteiger partial charge on any atom is 0.123 e. The minimum Gasteiger partial charge on any atom is -0.376 e. The van der Waals surface area contributed by atoms with E-state index in [0.29, 0.717) is 18.4 Å². The summed E-state index contributed by atoms with van der Waals surface area (Å²) in [5, 5.41) is 0. The normalized spacial score (nSPS) is 24.1. The van der Waals surface area contributed by atoms with E-state index in [1.165, 1.54) is 31.4 Å². The molecule has 2 rings (SSSR count). The second kappa shape index (κ2) is 6.12. The SMILES string of the molecule is NCC1CCCC1COCc1cccc(F)c1. The van der Waals surface area contributed by atoms with Crippen LogP contribution in [0.1, 0.15) is 24.8 Å². The van der Waals surface area contributed by atoms with Crippen molar-refractivity contribution < 1.29 is 9.13 Å². The standard InChI is InChI=1S/C14H20FNO/c15-14-6-1-3-11(7-14)9-17-10-13-5-2-4-12(13)8-16/h1,3,6-7,12-13H,2,4-5,8-10,16H2. The molecule has 0 saturated heterocycles. The van der Waals surface area contributed by atoms with Crippen molar-refractivity contribution in [2.75, 3.05) is 13.2 Å². The third kappa shape index (κ3) is 3.51. The molecule has 1 aromatic carbocycles. The van der Waals surface area contributed by atoms with Gasteiger partial charge in [-0.2, -0.15) is 0 Å². The summed E-state index contributed by atoms with van der Waals surface area (Å²) in [5.74, 6) is 1.00. The Morgan fingerprint density at radius 2 is 2.12 bits per heavy atom. The van der Waals surface area contributed by atoms with Crippen molar-refractivity contribution in [3.8, 4) is 0 Å². The van der Waals surface area contributed by atoms with Crippen molar-refractivity contribution in [2.45, 2.75) is 25.9 Å². The van der Waals surface area contributed by atoms with Crippen LogP contribution in [0.5, 0.6) is 0 Å². The van der Waals surface area contributed by atoms with Crippen molar-refractivity contribution >= 4 is 0 Å². The van der Waals surface area contributed by atoms with E-state index >= 15 is 0 Å². The Hall–Kier alpha value is -0.930. The Morgan fingerprint density at radius 1 is 1.29 bits per heavy atom. The molecule has 0 amide bonds. The summed E-state index contributed by atoms with van der Waals surface area (Å²) in [6.45, 7) is 2.00. The molecule has 17 heavy (non-hydrogen) atoms. The molecule has 2 nitrogen and oxygen atoms in total. The van der Waals surface area contributed by atoms with Gasteiger partial charge in [0.15, 0.2) is 0 Å². The minimum atomic E-state index is -0.202. The van der Waals surface area contributed by atoms with Crippen molar-refractivity contribution in [2.24, 2.45) is 17.6 Å². The van der Waals surface area contributed by atoms with Gasteiger partial charge in [-0.3, -0.25) is 0 Å². The van der Waals surface area contributed by atoms with Gasteiger partial charge in [0.2, 0.25) is 0 Å². The Labute approximate surface area is 102 Å². The highest BCUT2D eigenvalue weighted by molar-refractivity contribution is 5.15. The van der Waals surface area contributed by atoms with E-state index in [1.807, 2.05) is 6.07 Å². The third-order valence-corrected chi connectivity index (χ3v) is 3.61. The van der Waals surface area contributed by atoms with Gasteiger partial charge in [0.25, 0.3) is 0 Å². The van der Waals surface area contributed by atoms with Crippen molar-refractivity contribution in [1.29, 1.82) is 0 Å². The van der Waals surface area contributed by atoms with Crippen LogP contribution < -0.4 is 5.73 Å². The zero-order chi connectivity index (χ0) is 12.1. The smallest absolute Gasteiger partial charge is 0.123 e. The summed E-state index contributed by atoms with van der Waals surface area (Å²) in [7, 11) is 0. The van der Waals surface area contributed by atoms with E-state index in [4.69, 9.17) is 10.5 Å². The topological polar surface area (TPSA) is 35.2 Å². The molecule has 1 saturated carbocycles. The van der Waals surface area contributed by atoms with Crippen LogP contribution in [-0.2, 0) is 11.3 Å². The van der Waals surface area contributed by atoms with Gasteiger partial charge in [-0.05, 0) is 48.9 Å². The Bertz CT molecular complexity index is 356. The number of nitrogens with two attached hydrogens (primary N) is 1. The second-order valence-electron chi connectivity index (χ2n) is 4.83. The van der Waals surface area contributed by atoms with Crippen molar-refractivity contribution in [1.82, 2.24) is 0 Å². The average molecular weight is 237 g/mol. The van der Waals surface area contributed by atoms with Crippen molar-refractivity contribution in [3.05, 3.63) is 35.6 Å². The maximum absolute atomic E-state index is 12.9. The molecule has 1 fully saturated rings. The first-order chi connectivity index (χ1) is 8.29. The molecule has 0 bridgehead atoms. The molecule has 2 unspecified atom stereocenters. The van der Waals surface area contributed by atoms with Crippen molar-refractivity contribution in [3.63, 3.8) is 0 Å². The molecular formula is C14H20FNO. The Kier molecular flexibility index (Phi) is 4.51. The van der Waals surface area contributed by atoms with Crippen LogP contribution in [-0.4, -0.2) is 13.2 Å². The first-order valence-electron chi connectivity index (χ1n) is 6.32. The van der Waals surface area contributed by atoms with Crippen LogP contribution in [0.4, 0.5) is 4.39 Å². The summed E-state index contributed by atoms with van der Waals surface area (Å²) < 4.78 is 18.6. The fraction of sp³-hybridized carbons (Fsp3) is 0.571. The molecule has 0 radical (unpaired) electrons. The van der Waals surface area contributed by atoms with Crippen LogP contribution in [0.25, 0.3) is 0 Å². The van der Waals surface area contributed by atoms with Gasteiger partial charge < -0.3 is 10.5 Å². The quantitative estimate of drug-likeness (QED) is 0.854. The zero-order valence-electron chi connectivity index (χ0n) is 10.1. The summed E-state index contributed by atoms with van der Waals surface area (Å²) in [5.41, 5.74) is 6.62. The van der Waals surface area contributed by atoms with E-state index in [0.717, 1.165) is 18.7 Å². The Balaban J connectivity index is 1.76. The fourth-order valence-corrected chi connectivity index (χ4v) is 2.60. The molecule has 1 aliphatic carbocycles. The molecule has 0 heterocycles. The number of rotatable bonds is 5. The Morgan fingerprint density at radius 3 is 2.88 bits per heavy atom. The molecule has 1 aliphatic rings. The average Bonchev–Trinajstić information content (AvgIpc) is 2.77. The van der Waals surface area contributed by atoms with E-state index in [2.05, 4.69) is 0 Å². The van der Waals surface area contributed by atoms with Crippen LogP contribution >= 0.6 is 0 Å². The summed E-state index contributed by atoms with van der Waals surface area (Å²) in [4.78, 5) is 0. The van der Waals surface area contributed by atoms with Crippen LogP contribution in [0, 0.1) is 17.7 Å². The zero-order valence-corrected chi connectivity index (χ0v) is 10.1. The van der Waals surface area contributed by atoms with Gasteiger partial charge in [0.05, 0.1) is 13.2 Å². The summed E-state index contributed by atoms with van der Waals surface area (Å²) in [6.07, 6.45) is 3.70. The van der Waals surface area contributed by atoms with Crippen LogP contribution in [0.2, 0.25) is 0 Å². The van der Waals surface area contributed by atoms with Gasteiger partial charge in [-0.15, -0.1) is 0 Å². The monoisotopic (exact) mass is 237 g/mol. The van der Waals surface area contributed by atoms with Gasteiger partial charge in [0, 0.05) is 0 Å². The van der Waals surface area contributed by atoms with Gasteiger partial charge in [0.1, 0.15) is 5.82 Å². The van der Waals surface area contributed by atoms with E-state index in [9.17, 15) is 4.39 Å². The molecule has 2 atom stereocenters. The number of ether oxygens (including phenoxy) is 1. The number of hydrogen-bond acceptors (Lipinski definition) is 2. The minimum absolute atomic E-state index is 0.202. The number of hydrogen-bond donors (Lipinski definition) is 1. The molecule has 0 spiro atoms. The highest BCUT2D eigenvalue weighted by atomic mass is 19.1. The first-order valence-corrected chi connectivity index (χ1v) is 6.32. The summed E-state index contributed by atoms with van der Waals surface area (Å²) >= 11 is 0. The fourth-order valence-electron chi connectivity index (χ4n) is 2.60. The lowest BCUT2D eigenvalue weighted by atomic mass is 9.97. The largest absolute Gasteiger partial charge is 0.376 e. The van der Waals surface area contributed by atoms with Gasteiger partial charge in [-0.1, -0.05) is 18.6 Å². The number of halogens is 1. The predicted molar refractivity (Wildman–Crippen MR) is 65.9 cm³/mol. The molecule has 0 aliphatic heterocycles. The summed E-state index contributed by atoms with van der Waals surface area (Å²) in [6, 6.07) is 6.57. The van der Waals surface area contributed by atoms with Gasteiger partial charge >= 0.3 is 0 Å². The highest BCUT2D eigenvalue weighted by Gasteiger charge is 2.25. The lowest BCUT2D eigenvalue weighted by Gasteiger charge is -2.17. The van der Waals surface area contributed by atoms with E-state index in [1.54, 1.807) is 6.07 Å². The van der Waals surface area contributed by atoms with E-state index < -0.39 is 0 Å². The molecule has 1 aromatic rings. The molecule has 2 N–H and O–H groups in total. The lowest BCUT2D eigenvalue weighted by molar-refractivity contribution is 0.0752. The molecular weight excluding hydrogens is 217 g/mol. The maximum atomic E-state index is 12.9. The molecule has 94 valence electrons. The molecule has 0 aromatic heterocycles. The molecule has 3 heteroatoms. The lowest BCUT2D eigenvalue weighted by Crippen LogP contribution is -2.22. The number of benzene rings is 1. The van der Waals surface area contributed by atoms with Gasteiger partial charge in [-0.25, -0.2) is 4.39 Å². The van der Waals surface area contributed by atoms with E-state index in [-0.39, 0.29) is 5.82 Å². The van der Waals surface area contributed by atoms with Crippen LogP contribution in [0.3, 0.4) is 0 Å². The first kappa shape index (κ1) is 12.5. The second-order valence-corrected chi connectivity index (χ2v) is 4.83. The third-order valence-electron chi connectivity index (χ3n) is 3.61. The highest BCUT2D eigenvalue weighted by Crippen LogP contribution is 2.31. The van der Waals surface area contributed by atoms with Crippen LogP contribution in [0.15, 0.2) is 24.3 Å². The predicted octanol–water partition coefficient (Wildman–Crippen LogP) is 2.72.